The van der Waals surface area contributed by atoms with Crippen LogP contribution in [0.1, 0.15) is 38.2 Å². The number of hydrogen-bond donors (Lipinski definition) is 1. The van der Waals surface area contributed by atoms with Gasteiger partial charge in [-0.3, -0.25) is 0 Å². The molecule has 0 atom stereocenters. The Labute approximate surface area is 101 Å². The lowest BCUT2D eigenvalue weighted by molar-refractivity contribution is 0.278. The number of ether oxygens (including phenoxy) is 1. The number of rotatable bonds is 7. The molecular weight excluding hydrogens is 226 g/mol. The van der Waals surface area contributed by atoms with Crippen molar-refractivity contribution in [1.29, 1.82) is 0 Å². The lowest BCUT2D eigenvalue weighted by Gasteiger charge is -2.07. The fourth-order valence-corrected chi connectivity index (χ4v) is 1.60. The number of pyridine rings is 1. The molecule has 1 heterocycles. The van der Waals surface area contributed by atoms with E-state index in [1.54, 1.807) is 12.3 Å². The van der Waals surface area contributed by atoms with Crippen LogP contribution in [0.25, 0.3) is 0 Å². The zero-order chi connectivity index (χ0) is 11.8. The van der Waals surface area contributed by atoms with Crippen LogP contribution < -0.4 is 4.74 Å². The van der Waals surface area contributed by atoms with Gasteiger partial charge in [-0.1, -0.05) is 37.8 Å². The highest BCUT2D eigenvalue weighted by Gasteiger charge is 2.04. The Morgan fingerprint density at radius 2 is 2.19 bits per heavy atom. The highest BCUT2D eigenvalue weighted by Crippen LogP contribution is 2.22. The molecule has 0 spiro atoms. The van der Waals surface area contributed by atoms with E-state index in [0.717, 1.165) is 6.42 Å². The van der Waals surface area contributed by atoms with Gasteiger partial charge in [0.2, 0.25) is 5.88 Å². The molecule has 0 saturated carbocycles. The Morgan fingerprint density at radius 1 is 1.38 bits per heavy atom. The standard InChI is InChI=1S/C12H18ClNO2/c1-2-3-4-5-6-16-12-11(13)7-10(9-15)8-14-12/h7-8,15H,2-6,9H2,1H3. The second-order valence-corrected chi connectivity index (χ2v) is 4.10. The van der Waals surface area contributed by atoms with Crippen LogP contribution in [0.3, 0.4) is 0 Å². The molecule has 0 aliphatic rings. The van der Waals surface area contributed by atoms with Crippen molar-refractivity contribution in [1.82, 2.24) is 4.98 Å². The first-order valence-electron chi connectivity index (χ1n) is 5.66. The van der Waals surface area contributed by atoms with Crippen molar-refractivity contribution in [3.8, 4) is 5.88 Å². The van der Waals surface area contributed by atoms with Crippen LogP contribution in [0.15, 0.2) is 12.3 Å². The average Bonchev–Trinajstić information content (AvgIpc) is 2.30. The molecule has 0 fully saturated rings. The summed E-state index contributed by atoms with van der Waals surface area (Å²) in [6.45, 7) is 2.77. The average molecular weight is 244 g/mol. The molecule has 16 heavy (non-hydrogen) atoms. The first kappa shape index (κ1) is 13.3. The van der Waals surface area contributed by atoms with Gasteiger partial charge in [0.25, 0.3) is 0 Å². The molecule has 0 unspecified atom stereocenters. The molecule has 3 nitrogen and oxygen atoms in total. The van der Waals surface area contributed by atoms with E-state index in [1.807, 2.05) is 0 Å². The van der Waals surface area contributed by atoms with E-state index in [9.17, 15) is 0 Å². The zero-order valence-electron chi connectivity index (χ0n) is 9.58. The van der Waals surface area contributed by atoms with E-state index >= 15 is 0 Å². The molecule has 4 heteroatoms. The summed E-state index contributed by atoms with van der Waals surface area (Å²) in [5.41, 5.74) is 0.698. The highest BCUT2D eigenvalue weighted by molar-refractivity contribution is 6.31. The Kier molecular flexibility index (Phi) is 6.19. The van der Waals surface area contributed by atoms with Crippen molar-refractivity contribution in [2.24, 2.45) is 0 Å². The van der Waals surface area contributed by atoms with E-state index in [-0.39, 0.29) is 6.61 Å². The minimum atomic E-state index is -0.0521. The lowest BCUT2D eigenvalue weighted by atomic mass is 10.2. The van der Waals surface area contributed by atoms with Crippen LogP contribution >= 0.6 is 11.6 Å². The zero-order valence-corrected chi connectivity index (χ0v) is 10.3. The van der Waals surface area contributed by atoms with Crippen LogP contribution in [0.5, 0.6) is 5.88 Å². The number of aromatic nitrogens is 1. The van der Waals surface area contributed by atoms with E-state index in [0.29, 0.717) is 23.1 Å². The van der Waals surface area contributed by atoms with Gasteiger partial charge in [0.05, 0.1) is 13.2 Å². The molecule has 0 aliphatic heterocycles. The molecule has 0 saturated heterocycles. The molecule has 0 amide bonds. The topological polar surface area (TPSA) is 42.4 Å². The minimum Gasteiger partial charge on any atom is -0.477 e. The van der Waals surface area contributed by atoms with Crippen molar-refractivity contribution in [2.45, 2.75) is 39.2 Å². The van der Waals surface area contributed by atoms with Crippen molar-refractivity contribution in [3.05, 3.63) is 22.8 Å². The predicted octanol–water partition coefficient (Wildman–Crippen LogP) is 3.19. The van der Waals surface area contributed by atoms with Crippen LogP contribution in [0.4, 0.5) is 0 Å². The molecule has 1 aromatic heterocycles. The van der Waals surface area contributed by atoms with E-state index in [2.05, 4.69) is 11.9 Å². The van der Waals surface area contributed by atoms with Crippen molar-refractivity contribution in [2.75, 3.05) is 6.61 Å². The molecule has 0 aromatic carbocycles. The van der Waals surface area contributed by atoms with Gasteiger partial charge in [0.15, 0.2) is 0 Å². The van der Waals surface area contributed by atoms with Crippen LogP contribution in [0.2, 0.25) is 5.02 Å². The number of aliphatic hydroxyl groups is 1. The summed E-state index contributed by atoms with van der Waals surface area (Å²) in [6.07, 6.45) is 6.21. The summed E-state index contributed by atoms with van der Waals surface area (Å²) in [4.78, 5) is 4.05. The molecule has 0 radical (unpaired) electrons. The SMILES string of the molecule is CCCCCCOc1ncc(CO)cc1Cl. The van der Waals surface area contributed by atoms with Gasteiger partial charge in [-0.15, -0.1) is 0 Å². The molecule has 1 N–H and O–H groups in total. The number of aliphatic hydroxyl groups excluding tert-OH is 1. The van der Waals surface area contributed by atoms with Gasteiger partial charge in [-0.25, -0.2) is 4.98 Å². The summed E-state index contributed by atoms with van der Waals surface area (Å²) in [5, 5.41) is 9.35. The Bertz CT molecular complexity index is 318. The van der Waals surface area contributed by atoms with Gasteiger partial charge >= 0.3 is 0 Å². The third-order valence-corrected chi connectivity index (χ3v) is 2.55. The molecule has 1 rings (SSSR count). The van der Waals surface area contributed by atoms with Crippen LogP contribution in [0, 0.1) is 0 Å². The largest absolute Gasteiger partial charge is 0.477 e. The van der Waals surface area contributed by atoms with Gasteiger partial charge < -0.3 is 9.84 Å². The maximum absolute atomic E-state index is 8.89. The maximum Gasteiger partial charge on any atom is 0.232 e. The first-order valence-corrected chi connectivity index (χ1v) is 6.03. The van der Waals surface area contributed by atoms with Crippen molar-refractivity contribution < 1.29 is 9.84 Å². The maximum atomic E-state index is 8.89. The van der Waals surface area contributed by atoms with Crippen molar-refractivity contribution in [3.63, 3.8) is 0 Å². The predicted molar refractivity (Wildman–Crippen MR) is 64.8 cm³/mol. The second kappa shape index (κ2) is 7.47. The summed E-state index contributed by atoms with van der Waals surface area (Å²) in [7, 11) is 0. The van der Waals surface area contributed by atoms with Crippen LogP contribution in [-0.2, 0) is 6.61 Å². The first-order chi connectivity index (χ1) is 7.77. The summed E-state index contributed by atoms with van der Waals surface area (Å²) >= 11 is 5.95. The van der Waals surface area contributed by atoms with E-state index in [1.165, 1.54) is 19.3 Å². The fraction of sp³-hybridized carbons (Fsp3) is 0.583. The Hall–Kier alpha value is -0.800. The quantitative estimate of drug-likeness (QED) is 0.748. The second-order valence-electron chi connectivity index (χ2n) is 3.70. The van der Waals surface area contributed by atoms with E-state index in [4.69, 9.17) is 21.4 Å². The monoisotopic (exact) mass is 243 g/mol. The van der Waals surface area contributed by atoms with Gasteiger partial charge in [0, 0.05) is 6.20 Å². The lowest BCUT2D eigenvalue weighted by Crippen LogP contribution is -2.00. The molecule has 1 aromatic rings. The summed E-state index contributed by atoms with van der Waals surface area (Å²) in [6, 6.07) is 1.68. The fourth-order valence-electron chi connectivity index (χ4n) is 1.36. The van der Waals surface area contributed by atoms with Crippen molar-refractivity contribution >= 4 is 11.6 Å². The van der Waals surface area contributed by atoms with Crippen LogP contribution in [-0.4, -0.2) is 16.7 Å². The van der Waals surface area contributed by atoms with Gasteiger partial charge in [-0.05, 0) is 18.1 Å². The number of hydrogen-bond acceptors (Lipinski definition) is 3. The Morgan fingerprint density at radius 3 is 2.81 bits per heavy atom. The van der Waals surface area contributed by atoms with Gasteiger partial charge in [-0.2, -0.15) is 0 Å². The minimum absolute atomic E-state index is 0.0521. The van der Waals surface area contributed by atoms with Gasteiger partial charge in [0.1, 0.15) is 5.02 Å². The summed E-state index contributed by atoms with van der Waals surface area (Å²) in [5.74, 6) is 0.454. The third-order valence-electron chi connectivity index (χ3n) is 2.28. The number of halogens is 1. The molecular formula is C12H18ClNO2. The smallest absolute Gasteiger partial charge is 0.232 e. The molecule has 90 valence electrons. The molecule has 0 aliphatic carbocycles. The Balaban J connectivity index is 2.36. The van der Waals surface area contributed by atoms with E-state index < -0.39 is 0 Å². The summed E-state index contributed by atoms with van der Waals surface area (Å²) < 4.78 is 5.46. The number of nitrogens with zero attached hydrogens (tertiary/aromatic N) is 1. The normalized spacial score (nSPS) is 10.4. The highest BCUT2D eigenvalue weighted by atomic mass is 35.5. The molecule has 0 bridgehead atoms. The third kappa shape index (κ3) is 4.37. The number of unbranched alkanes of at least 4 members (excludes halogenated alkanes) is 3.